The van der Waals surface area contributed by atoms with Crippen molar-refractivity contribution in [3.05, 3.63) is 71.8 Å². The van der Waals surface area contributed by atoms with E-state index in [1.165, 1.54) is 0 Å². The Bertz CT molecular complexity index is 532. The van der Waals surface area contributed by atoms with Gasteiger partial charge in [-0.15, -0.1) is 0 Å². The average molecular weight is 235 g/mol. The molecule has 0 fully saturated rings. The third kappa shape index (κ3) is 2.15. The molecule has 0 atom stereocenters. The molecule has 0 amide bonds. The maximum absolute atomic E-state index is 4.25. The maximum Gasteiger partial charge on any atom is 0.0756 e. The minimum absolute atomic E-state index is 0.751. The van der Waals surface area contributed by atoms with Crippen LogP contribution in [0.4, 0.5) is 0 Å². The van der Waals surface area contributed by atoms with Crippen molar-refractivity contribution in [1.82, 2.24) is 5.53 Å². The van der Waals surface area contributed by atoms with E-state index in [2.05, 4.69) is 40.0 Å². The van der Waals surface area contributed by atoms with E-state index in [4.69, 9.17) is 0 Å². The first-order valence-corrected chi connectivity index (χ1v) is 5.92. The van der Waals surface area contributed by atoms with Gasteiger partial charge in [0.25, 0.3) is 0 Å². The molecule has 2 aromatic carbocycles. The van der Waals surface area contributed by atoms with Crippen LogP contribution in [-0.2, 0) is 0 Å². The van der Waals surface area contributed by atoms with Gasteiger partial charge in [-0.1, -0.05) is 60.7 Å². The zero-order chi connectivity index (χ0) is 12.2. The molecule has 0 radical (unpaired) electrons. The Hall–Kier alpha value is -2.42. The molecule has 1 heterocycles. The summed E-state index contributed by atoms with van der Waals surface area (Å²) < 4.78 is 0. The van der Waals surface area contributed by atoms with Gasteiger partial charge < -0.3 is 0 Å². The van der Waals surface area contributed by atoms with Crippen LogP contribution in [0.3, 0.4) is 0 Å². The lowest BCUT2D eigenvalue weighted by atomic mass is 10.00. The van der Waals surface area contributed by atoms with Crippen molar-refractivity contribution in [3.63, 3.8) is 0 Å². The maximum atomic E-state index is 4.25. The summed E-state index contributed by atoms with van der Waals surface area (Å²) in [5, 5.41) is 8.51. The standard InChI is InChI=1S/C15H13N3/c1-3-7-12(8-4-1)14-11-15(17-18-16-14)13-9-5-2-6-10-13/h1-10,18H,11H2. The van der Waals surface area contributed by atoms with E-state index in [1.807, 2.05) is 36.4 Å². The molecule has 1 N–H and O–H groups in total. The van der Waals surface area contributed by atoms with Crippen LogP contribution in [-0.4, -0.2) is 11.4 Å². The first kappa shape index (κ1) is 10.7. The van der Waals surface area contributed by atoms with E-state index in [0.717, 1.165) is 29.0 Å². The minimum Gasteiger partial charge on any atom is -0.198 e. The normalized spacial score (nSPS) is 14.4. The van der Waals surface area contributed by atoms with Crippen LogP contribution in [0, 0.1) is 0 Å². The van der Waals surface area contributed by atoms with Gasteiger partial charge in [-0.25, -0.2) is 0 Å². The van der Waals surface area contributed by atoms with Gasteiger partial charge in [0.1, 0.15) is 0 Å². The van der Waals surface area contributed by atoms with E-state index >= 15 is 0 Å². The molecule has 0 saturated heterocycles. The molecular formula is C15H13N3. The summed E-state index contributed by atoms with van der Waals surface area (Å²) in [6.45, 7) is 0. The van der Waals surface area contributed by atoms with Crippen molar-refractivity contribution in [2.24, 2.45) is 10.2 Å². The summed E-state index contributed by atoms with van der Waals surface area (Å²) in [5.74, 6) is 0. The first-order chi connectivity index (χ1) is 8.93. The lowest BCUT2D eigenvalue weighted by Crippen LogP contribution is -2.20. The SMILES string of the molecule is c1ccc(C2=NNN=C(c3ccccc3)C2)cc1. The predicted octanol–water partition coefficient (Wildman–Crippen LogP) is 2.79. The molecule has 0 bridgehead atoms. The third-order valence-electron chi connectivity index (χ3n) is 2.92. The quantitative estimate of drug-likeness (QED) is 0.853. The van der Waals surface area contributed by atoms with Crippen molar-refractivity contribution in [2.45, 2.75) is 6.42 Å². The number of benzene rings is 2. The smallest absolute Gasteiger partial charge is 0.0756 e. The zero-order valence-electron chi connectivity index (χ0n) is 9.88. The highest BCUT2D eigenvalue weighted by atomic mass is 15.5. The summed E-state index contributed by atoms with van der Waals surface area (Å²) in [6.07, 6.45) is 0.751. The minimum atomic E-state index is 0.751. The Labute approximate surface area is 106 Å². The van der Waals surface area contributed by atoms with Crippen LogP contribution in [0.15, 0.2) is 70.9 Å². The molecule has 3 rings (SSSR count). The summed E-state index contributed by atoms with van der Waals surface area (Å²) in [4.78, 5) is 0. The van der Waals surface area contributed by atoms with Crippen LogP contribution in [0.5, 0.6) is 0 Å². The van der Waals surface area contributed by atoms with E-state index in [1.54, 1.807) is 0 Å². The van der Waals surface area contributed by atoms with E-state index in [-0.39, 0.29) is 0 Å². The van der Waals surface area contributed by atoms with Crippen LogP contribution in [0.2, 0.25) is 0 Å². The second-order valence-corrected chi connectivity index (χ2v) is 4.13. The highest BCUT2D eigenvalue weighted by Gasteiger charge is 2.13. The van der Waals surface area contributed by atoms with Gasteiger partial charge >= 0.3 is 0 Å². The van der Waals surface area contributed by atoms with Gasteiger partial charge in [-0.05, 0) is 11.1 Å². The van der Waals surface area contributed by atoms with E-state index in [0.29, 0.717) is 0 Å². The zero-order valence-corrected chi connectivity index (χ0v) is 9.88. The van der Waals surface area contributed by atoms with Gasteiger partial charge in [0.2, 0.25) is 0 Å². The molecule has 1 aliphatic rings. The highest BCUT2D eigenvalue weighted by molar-refractivity contribution is 6.18. The summed E-state index contributed by atoms with van der Waals surface area (Å²) in [7, 11) is 0. The lowest BCUT2D eigenvalue weighted by Gasteiger charge is -2.14. The number of hydrogen-bond acceptors (Lipinski definition) is 3. The Morgan fingerprint density at radius 2 is 1.11 bits per heavy atom. The number of nitrogens with one attached hydrogen (secondary N) is 1. The largest absolute Gasteiger partial charge is 0.198 e. The molecule has 18 heavy (non-hydrogen) atoms. The molecule has 88 valence electrons. The number of hydrazone groups is 2. The molecule has 0 aromatic heterocycles. The second-order valence-electron chi connectivity index (χ2n) is 4.13. The molecule has 0 unspecified atom stereocenters. The highest BCUT2D eigenvalue weighted by Crippen LogP contribution is 2.12. The molecule has 3 nitrogen and oxygen atoms in total. The molecule has 0 aliphatic carbocycles. The van der Waals surface area contributed by atoms with Crippen molar-refractivity contribution in [3.8, 4) is 0 Å². The molecule has 0 saturated carbocycles. The second kappa shape index (κ2) is 4.84. The number of nitrogens with zero attached hydrogens (tertiary/aromatic N) is 2. The lowest BCUT2D eigenvalue weighted by molar-refractivity contribution is 0.790. The summed E-state index contributed by atoms with van der Waals surface area (Å²) in [6, 6.07) is 20.3. The van der Waals surface area contributed by atoms with Gasteiger partial charge in [0.15, 0.2) is 0 Å². The van der Waals surface area contributed by atoms with Crippen LogP contribution in [0.1, 0.15) is 17.5 Å². The molecule has 3 heteroatoms. The molecule has 2 aromatic rings. The first-order valence-electron chi connectivity index (χ1n) is 5.92. The predicted molar refractivity (Wildman–Crippen MR) is 73.7 cm³/mol. The Kier molecular flexibility index (Phi) is 2.88. The third-order valence-corrected chi connectivity index (χ3v) is 2.92. The van der Waals surface area contributed by atoms with Crippen LogP contribution < -0.4 is 5.53 Å². The fourth-order valence-electron chi connectivity index (χ4n) is 1.98. The number of hydrogen-bond donors (Lipinski definition) is 1. The van der Waals surface area contributed by atoms with Crippen LogP contribution >= 0.6 is 0 Å². The van der Waals surface area contributed by atoms with E-state index < -0.39 is 0 Å². The van der Waals surface area contributed by atoms with E-state index in [9.17, 15) is 0 Å². The fourth-order valence-corrected chi connectivity index (χ4v) is 1.98. The topological polar surface area (TPSA) is 36.8 Å². The Balaban J connectivity index is 1.85. The van der Waals surface area contributed by atoms with Crippen molar-refractivity contribution in [1.29, 1.82) is 0 Å². The van der Waals surface area contributed by atoms with Gasteiger partial charge in [0, 0.05) is 6.42 Å². The molecule has 0 spiro atoms. The molecular weight excluding hydrogens is 222 g/mol. The molecule has 1 aliphatic heterocycles. The monoisotopic (exact) mass is 235 g/mol. The van der Waals surface area contributed by atoms with Crippen molar-refractivity contribution < 1.29 is 0 Å². The van der Waals surface area contributed by atoms with Gasteiger partial charge in [-0.2, -0.15) is 15.7 Å². The van der Waals surface area contributed by atoms with Crippen molar-refractivity contribution >= 4 is 11.4 Å². The Morgan fingerprint density at radius 3 is 1.56 bits per heavy atom. The summed E-state index contributed by atoms with van der Waals surface area (Å²) in [5.41, 5.74) is 7.06. The number of rotatable bonds is 2. The van der Waals surface area contributed by atoms with Gasteiger partial charge in [0.05, 0.1) is 11.4 Å². The average Bonchev–Trinajstić information content (AvgIpc) is 2.49. The van der Waals surface area contributed by atoms with Crippen LogP contribution in [0.25, 0.3) is 0 Å². The fraction of sp³-hybridized carbons (Fsp3) is 0.0667. The Morgan fingerprint density at radius 1 is 0.667 bits per heavy atom. The van der Waals surface area contributed by atoms with Gasteiger partial charge in [-0.3, -0.25) is 0 Å². The summed E-state index contributed by atoms with van der Waals surface area (Å²) >= 11 is 0. The van der Waals surface area contributed by atoms with Crippen molar-refractivity contribution in [2.75, 3.05) is 0 Å².